The number of anilines is 1. The number of nitrogens with zero attached hydrogens (tertiary/aromatic N) is 3. The van der Waals surface area contributed by atoms with Crippen molar-refractivity contribution < 1.29 is 23.6 Å². The molecule has 2 aromatic heterocycles. The van der Waals surface area contributed by atoms with Crippen molar-refractivity contribution in [2.45, 2.75) is 54.1 Å². The predicted molar refractivity (Wildman–Crippen MR) is 119 cm³/mol. The van der Waals surface area contributed by atoms with Crippen molar-refractivity contribution in [2.24, 2.45) is 10.8 Å². The van der Waals surface area contributed by atoms with E-state index in [9.17, 15) is 18.9 Å². The minimum absolute atomic E-state index is 0.0141. The van der Waals surface area contributed by atoms with Gasteiger partial charge < -0.3 is 20.2 Å². The molecule has 0 saturated carbocycles. The molecule has 3 N–H and O–H groups in total. The summed E-state index contributed by atoms with van der Waals surface area (Å²) < 4.78 is 24.5. The van der Waals surface area contributed by atoms with Gasteiger partial charge in [0.05, 0.1) is 17.2 Å². The molecule has 12 heteroatoms. The number of fused-ring (bicyclic) bond motifs is 1. The summed E-state index contributed by atoms with van der Waals surface area (Å²) in [6.45, 7) is 9.89. The van der Waals surface area contributed by atoms with Crippen LogP contribution in [0.5, 0.6) is 0 Å². The third-order valence-corrected chi connectivity index (χ3v) is 5.44. The first-order valence-electron chi connectivity index (χ1n) is 9.92. The third kappa shape index (κ3) is 6.23. The first-order chi connectivity index (χ1) is 14.7. The first kappa shape index (κ1) is 25.2. The van der Waals surface area contributed by atoms with Crippen LogP contribution in [0.1, 0.15) is 41.5 Å². The number of nitrogens with two attached hydrogens (primary N) is 1. The highest BCUT2D eigenvalue weighted by Crippen LogP contribution is 2.34. The summed E-state index contributed by atoms with van der Waals surface area (Å²) >= 11 is 0. The first-order valence-corrected chi connectivity index (χ1v) is 11.4. The van der Waals surface area contributed by atoms with Crippen molar-refractivity contribution in [3.63, 3.8) is 0 Å². The van der Waals surface area contributed by atoms with Gasteiger partial charge in [-0.05, 0) is 47.6 Å². The van der Waals surface area contributed by atoms with Gasteiger partial charge >= 0.3 is 25.8 Å². The number of hydrogen-bond acceptors (Lipinski definition) is 9. The Hall–Kier alpha value is -3.07. The number of allylic oxidation sites excluding steroid dienone is 2. The van der Waals surface area contributed by atoms with Gasteiger partial charge in [-0.3, -0.25) is 19.0 Å². The summed E-state index contributed by atoms with van der Waals surface area (Å²) in [6, 6.07) is -1.52. The summed E-state index contributed by atoms with van der Waals surface area (Å²) in [5.74, 6) is -1.30. The van der Waals surface area contributed by atoms with E-state index >= 15 is 0 Å². The smallest absolute Gasteiger partial charge is 0.384 e. The highest BCUT2D eigenvalue weighted by molar-refractivity contribution is 7.45. The zero-order valence-corrected chi connectivity index (χ0v) is 19.9. The van der Waals surface area contributed by atoms with Gasteiger partial charge in [0.15, 0.2) is 17.3 Å². The number of aromatic nitrogens is 4. The third-order valence-electron chi connectivity index (χ3n) is 4.19. The summed E-state index contributed by atoms with van der Waals surface area (Å²) in [5, 5.41) is 0. The molecule has 0 bridgehead atoms. The maximum Gasteiger partial charge on any atom is 0.451 e. The fraction of sp³-hybridized carbons (Fsp3) is 0.550. The number of aromatic amines is 1. The Kier molecular flexibility index (Phi) is 7.56. The van der Waals surface area contributed by atoms with Gasteiger partial charge in [0.1, 0.15) is 0 Å². The average Bonchev–Trinajstić information content (AvgIpc) is 3.13. The van der Waals surface area contributed by atoms with Gasteiger partial charge in [0, 0.05) is 6.54 Å². The fourth-order valence-electron chi connectivity index (χ4n) is 2.24. The molecule has 11 nitrogen and oxygen atoms in total. The van der Waals surface area contributed by atoms with Crippen LogP contribution in [0.4, 0.5) is 5.95 Å². The van der Waals surface area contributed by atoms with Gasteiger partial charge in [0.2, 0.25) is 5.95 Å². The Morgan fingerprint density at radius 2 is 1.72 bits per heavy atom. The lowest BCUT2D eigenvalue weighted by atomic mass is 9.97. The largest absolute Gasteiger partial charge is 0.451 e. The molecular formula is C20H29N5O6P+. The highest BCUT2D eigenvalue weighted by Gasteiger charge is 2.41. The minimum atomic E-state index is -2.29. The van der Waals surface area contributed by atoms with E-state index in [-0.39, 0.29) is 29.8 Å². The van der Waals surface area contributed by atoms with Gasteiger partial charge in [-0.25, -0.2) is 4.98 Å². The fourth-order valence-corrected chi connectivity index (χ4v) is 3.19. The number of nitrogen functional groups attached to an aromatic ring is 1. The Balaban J connectivity index is 2.11. The van der Waals surface area contributed by atoms with Gasteiger partial charge in [-0.1, -0.05) is 10.6 Å². The molecule has 0 aliphatic carbocycles. The topological polar surface area (TPSA) is 159 Å². The van der Waals surface area contributed by atoms with Crippen molar-refractivity contribution in [1.82, 2.24) is 19.5 Å². The van der Waals surface area contributed by atoms with Crippen LogP contribution in [0.25, 0.3) is 11.2 Å². The highest BCUT2D eigenvalue weighted by atomic mass is 31.1. The van der Waals surface area contributed by atoms with Crippen LogP contribution in [-0.4, -0.2) is 43.7 Å². The molecule has 1 unspecified atom stereocenters. The molecule has 0 aliphatic rings. The van der Waals surface area contributed by atoms with Crippen LogP contribution >= 0.6 is 7.80 Å². The molecule has 0 aromatic carbocycles. The number of nitrogens with one attached hydrogen (secondary N) is 1. The molecule has 0 spiro atoms. The molecule has 2 heterocycles. The molecule has 2 aromatic rings. The number of carbonyl (C=O) groups excluding carboxylic acids is 2. The van der Waals surface area contributed by atoms with Crippen molar-refractivity contribution in [2.75, 3.05) is 11.9 Å². The normalized spacial score (nSPS) is 13.0. The quantitative estimate of drug-likeness (QED) is 0.270. The van der Waals surface area contributed by atoms with Gasteiger partial charge in [-0.15, -0.1) is 0 Å². The van der Waals surface area contributed by atoms with Crippen LogP contribution in [-0.2, 0) is 30.2 Å². The van der Waals surface area contributed by atoms with Crippen LogP contribution in [0.3, 0.4) is 0 Å². The van der Waals surface area contributed by atoms with E-state index in [1.165, 1.54) is 17.0 Å². The maximum absolute atomic E-state index is 12.8. The number of imidazole rings is 1. The second-order valence-electron chi connectivity index (χ2n) is 9.18. The van der Waals surface area contributed by atoms with E-state index in [2.05, 4.69) is 15.0 Å². The van der Waals surface area contributed by atoms with E-state index in [1.807, 2.05) is 0 Å². The second-order valence-corrected chi connectivity index (χ2v) is 10.8. The number of esters is 2. The van der Waals surface area contributed by atoms with Crippen molar-refractivity contribution in [1.29, 1.82) is 0 Å². The Morgan fingerprint density at radius 3 is 2.25 bits per heavy atom. The average molecular weight is 466 g/mol. The van der Waals surface area contributed by atoms with Crippen molar-refractivity contribution in [3.8, 4) is 0 Å². The van der Waals surface area contributed by atoms with E-state index in [0.29, 0.717) is 0 Å². The van der Waals surface area contributed by atoms with Crippen LogP contribution < -0.4 is 11.3 Å². The van der Waals surface area contributed by atoms with E-state index in [0.717, 1.165) is 0 Å². The number of H-pyrrole nitrogens is 1. The standard InChI is InChI=1S/C20H28N5O6P/c1-19(2,3)15(27)30-18(31-16(28)20(4,5)6)32(29)10-8-7-9-25-14(26)12-13(23-11-22-12)24-17(25)21/h7-8,11,18H,9-10H2,1-6H3,(H2-,21,22,23,24,26)/p+1. The summed E-state index contributed by atoms with van der Waals surface area (Å²) in [4.78, 5) is 47.6. The zero-order valence-electron chi connectivity index (χ0n) is 19.0. The van der Waals surface area contributed by atoms with Crippen LogP contribution in [0, 0.1) is 10.8 Å². The molecule has 0 aliphatic heterocycles. The van der Waals surface area contributed by atoms with Gasteiger partial charge in [0.25, 0.3) is 5.56 Å². The maximum atomic E-state index is 12.8. The molecular weight excluding hydrogens is 437 g/mol. The lowest BCUT2D eigenvalue weighted by molar-refractivity contribution is -0.184. The molecule has 2 rings (SSSR count). The van der Waals surface area contributed by atoms with Crippen LogP contribution in [0.2, 0.25) is 0 Å². The molecule has 1 atom stereocenters. The summed E-state index contributed by atoms with van der Waals surface area (Å²) in [7, 11) is -2.29. The van der Waals surface area contributed by atoms with Crippen LogP contribution in [0.15, 0.2) is 23.3 Å². The lowest BCUT2D eigenvalue weighted by Crippen LogP contribution is -2.33. The monoisotopic (exact) mass is 466 g/mol. The van der Waals surface area contributed by atoms with E-state index in [4.69, 9.17) is 15.2 Å². The van der Waals surface area contributed by atoms with E-state index < -0.39 is 42.2 Å². The van der Waals surface area contributed by atoms with E-state index in [1.54, 1.807) is 47.6 Å². The number of ether oxygens (including phenoxy) is 2. The van der Waals surface area contributed by atoms with Crippen molar-refractivity contribution in [3.05, 3.63) is 28.8 Å². The van der Waals surface area contributed by atoms with Gasteiger partial charge in [-0.2, -0.15) is 4.98 Å². The molecule has 0 radical (unpaired) electrons. The Labute approximate surface area is 186 Å². The second kappa shape index (κ2) is 9.60. The Morgan fingerprint density at radius 1 is 1.16 bits per heavy atom. The molecule has 0 saturated heterocycles. The molecule has 174 valence electrons. The van der Waals surface area contributed by atoms with Crippen molar-refractivity contribution >= 4 is 36.9 Å². The number of rotatable bonds is 7. The Bertz CT molecular complexity index is 1080. The molecule has 0 amide bonds. The summed E-state index contributed by atoms with van der Waals surface area (Å²) in [5.41, 5.74) is 4.14. The minimum Gasteiger partial charge on any atom is -0.384 e. The number of carbonyl (C=O) groups is 2. The SMILES string of the molecule is CC(C)(C)C(=O)OC(OC(=O)C(C)(C)C)[P+](=O)CC=CCn1c(N)nc2nc[nH]c2c1=O. The number of hydrogen-bond donors (Lipinski definition) is 2. The molecule has 32 heavy (non-hydrogen) atoms. The zero-order chi connectivity index (χ0) is 24.3. The lowest BCUT2D eigenvalue weighted by Gasteiger charge is -2.21. The predicted octanol–water partition coefficient (Wildman–Crippen LogP) is 2.55. The summed E-state index contributed by atoms with van der Waals surface area (Å²) in [6.07, 6.45) is 4.40. The molecule has 0 fully saturated rings.